The smallest absolute Gasteiger partial charge is 0.181 e. The second kappa shape index (κ2) is 6.21. The van der Waals surface area contributed by atoms with Crippen LogP contribution in [-0.2, 0) is 9.84 Å². The first-order chi connectivity index (χ1) is 7.58. The standard InChI is InChI=1S/C11H14ClFO2S/c12-8-4-1-5-9-16(14,15)11-7-3-2-6-10(11)13/h2-3,6-7H,1,4-5,8-9H2. The van der Waals surface area contributed by atoms with Gasteiger partial charge in [0.05, 0.1) is 5.75 Å². The van der Waals surface area contributed by atoms with Gasteiger partial charge >= 0.3 is 0 Å². The molecule has 0 saturated heterocycles. The predicted molar refractivity (Wildman–Crippen MR) is 63.0 cm³/mol. The monoisotopic (exact) mass is 264 g/mol. The van der Waals surface area contributed by atoms with Gasteiger partial charge in [0.1, 0.15) is 10.7 Å². The van der Waals surface area contributed by atoms with E-state index in [0.717, 1.165) is 18.9 Å². The lowest BCUT2D eigenvalue weighted by molar-refractivity contribution is 0.564. The first kappa shape index (κ1) is 13.5. The van der Waals surface area contributed by atoms with Gasteiger partial charge in [-0.25, -0.2) is 12.8 Å². The highest BCUT2D eigenvalue weighted by molar-refractivity contribution is 7.91. The molecule has 0 radical (unpaired) electrons. The van der Waals surface area contributed by atoms with Crippen LogP contribution in [0.5, 0.6) is 0 Å². The average Bonchev–Trinajstić information content (AvgIpc) is 2.25. The lowest BCUT2D eigenvalue weighted by Gasteiger charge is -2.04. The van der Waals surface area contributed by atoms with Crippen molar-refractivity contribution in [1.29, 1.82) is 0 Å². The van der Waals surface area contributed by atoms with E-state index in [9.17, 15) is 12.8 Å². The highest BCUT2D eigenvalue weighted by Crippen LogP contribution is 2.16. The topological polar surface area (TPSA) is 34.1 Å². The van der Waals surface area contributed by atoms with Gasteiger partial charge in [0.15, 0.2) is 9.84 Å². The van der Waals surface area contributed by atoms with Gasteiger partial charge in [-0.05, 0) is 25.0 Å². The van der Waals surface area contributed by atoms with Gasteiger partial charge in [-0.1, -0.05) is 18.6 Å². The van der Waals surface area contributed by atoms with Crippen LogP contribution >= 0.6 is 11.6 Å². The molecule has 0 aliphatic carbocycles. The van der Waals surface area contributed by atoms with Crippen molar-refractivity contribution in [3.8, 4) is 0 Å². The fourth-order valence-corrected chi connectivity index (χ4v) is 3.01. The summed E-state index contributed by atoms with van der Waals surface area (Å²) in [7, 11) is -3.49. The number of hydrogen-bond donors (Lipinski definition) is 0. The van der Waals surface area contributed by atoms with Crippen LogP contribution in [0.3, 0.4) is 0 Å². The van der Waals surface area contributed by atoms with E-state index in [4.69, 9.17) is 11.6 Å². The van der Waals surface area contributed by atoms with Crippen molar-refractivity contribution in [2.75, 3.05) is 11.6 Å². The van der Waals surface area contributed by atoms with Gasteiger partial charge in [-0.15, -0.1) is 11.6 Å². The molecule has 0 aliphatic heterocycles. The van der Waals surface area contributed by atoms with Gasteiger partial charge < -0.3 is 0 Å². The Kier molecular flexibility index (Phi) is 5.22. The van der Waals surface area contributed by atoms with Gasteiger partial charge in [-0.3, -0.25) is 0 Å². The summed E-state index contributed by atoms with van der Waals surface area (Å²) in [5, 5.41) is 0. The van der Waals surface area contributed by atoms with E-state index in [-0.39, 0.29) is 10.6 Å². The van der Waals surface area contributed by atoms with Gasteiger partial charge in [0, 0.05) is 5.88 Å². The molecular weight excluding hydrogens is 251 g/mol. The lowest BCUT2D eigenvalue weighted by Crippen LogP contribution is -2.08. The molecule has 16 heavy (non-hydrogen) atoms. The molecule has 1 rings (SSSR count). The minimum atomic E-state index is -3.49. The van der Waals surface area contributed by atoms with Gasteiger partial charge in [0.2, 0.25) is 0 Å². The van der Waals surface area contributed by atoms with E-state index in [2.05, 4.69) is 0 Å². The molecule has 2 nitrogen and oxygen atoms in total. The van der Waals surface area contributed by atoms with Crippen LogP contribution in [0.4, 0.5) is 4.39 Å². The molecule has 0 atom stereocenters. The third-order valence-electron chi connectivity index (χ3n) is 2.22. The summed E-state index contributed by atoms with van der Waals surface area (Å²) in [6.45, 7) is 0. The van der Waals surface area contributed by atoms with Crippen molar-refractivity contribution in [2.24, 2.45) is 0 Å². The number of sulfone groups is 1. The number of hydrogen-bond acceptors (Lipinski definition) is 2. The zero-order chi connectivity index (χ0) is 12.0. The van der Waals surface area contributed by atoms with E-state index < -0.39 is 15.7 Å². The molecule has 1 aromatic carbocycles. The van der Waals surface area contributed by atoms with Crippen LogP contribution in [-0.4, -0.2) is 20.1 Å². The zero-order valence-electron chi connectivity index (χ0n) is 8.83. The number of unbranched alkanes of at least 4 members (excludes halogenated alkanes) is 2. The molecule has 1 aromatic rings. The second-order valence-electron chi connectivity index (χ2n) is 3.50. The van der Waals surface area contributed by atoms with E-state index in [1.807, 2.05) is 0 Å². The molecule has 0 fully saturated rings. The summed E-state index contributed by atoms with van der Waals surface area (Å²) in [4.78, 5) is -0.208. The minimum absolute atomic E-state index is 0.0230. The normalized spacial score (nSPS) is 11.6. The highest BCUT2D eigenvalue weighted by atomic mass is 35.5. The van der Waals surface area contributed by atoms with Crippen LogP contribution in [0.25, 0.3) is 0 Å². The van der Waals surface area contributed by atoms with Crippen molar-refractivity contribution in [1.82, 2.24) is 0 Å². The van der Waals surface area contributed by atoms with E-state index >= 15 is 0 Å². The Morgan fingerprint density at radius 1 is 1.12 bits per heavy atom. The fourth-order valence-electron chi connectivity index (χ4n) is 1.37. The molecule has 90 valence electrons. The quantitative estimate of drug-likeness (QED) is 0.585. The molecule has 5 heteroatoms. The summed E-state index contributed by atoms with van der Waals surface area (Å²) >= 11 is 5.48. The first-order valence-corrected chi connectivity index (χ1v) is 7.30. The minimum Gasteiger partial charge on any atom is -0.224 e. The number of alkyl halides is 1. The van der Waals surface area contributed by atoms with Crippen LogP contribution in [0.1, 0.15) is 19.3 Å². The summed E-state index contributed by atoms with van der Waals surface area (Å²) < 4.78 is 36.7. The van der Waals surface area contributed by atoms with Crippen molar-refractivity contribution in [3.63, 3.8) is 0 Å². The largest absolute Gasteiger partial charge is 0.224 e. The molecule has 0 N–H and O–H groups in total. The number of rotatable bonds is 6. The Balaban J connectivity index is 2.68. The Bertz CT molecular complexity index is 431. The summed E-state index contributed by atoms with van der Waals surface area (Å²) in [5.41, 5.74) is 0. The second-order valence-corrected chi connectivity index (χ2v) is 5.95. The molecule has 0 aromatic heterocycles. The van der Waals surface area contributed by atoms with Crippen LogP contribution in [0, 0.1) is 5.82 Å². The highest BCUT2D eigenvalue weighted by Gasteiger charge is 2.17. The third kappa shape index (κ3) is 3.76. The molecule has 0 unspecified atom stereocenters. The SMILES string of the molecule is O=S(=O)(CCCCCCl)c1ccccc1F. The van der Waals surface area contributed by atoms with Crippen molar-refractivity contribution in [3.05, 3.63) is 30.1 Å². The van der Waals surface area contributed by atoms with Gasteiger partial charge in [0.25, 0.3) is 0 Å². The Labute approximate surface area is 100 Å². The third-order valence-corrected chi connectivity index (χ3v) is 4.31. The average molecular weight is 265 g/mol. The maximum atomic E-state index is 13.3. The van der Waals surface area contributed by atoms with E-state index in [1.54, 1.807) is 0 Å². The summed E-state index contributed by atoms with van der Waals surface area (Å²) in [6.07, 6.45) is 2.05. The molecule has 0 saturated carbocycles. The molecule has 0 amide bonds. The van der Waals surface area contributed by atoms with E-state index in [1.165, 1.54) is 18.2 Å². The van der Waals surface area contributed by atoms with Crippen molar-refractivity contribution >= 4 is 21.4 Å². The van der Waals surface area contributed by atoms with Crippen molar-refractivity contribution in [2.45, 2.75) is 24.2 Å². The number of halogens is 2. The molecule has 0 spiro atoms. The maximum absolute atomic E-state index is 13.3. The molecule has 0 aliphatic rings. The van der Waals surface area contributed by atoms with Crippen LogP contribution in [0.2, 0.25) is 0 Å². The first-order valence-electron chi connectivity index (χ1n) is 5.11. The maximum Gasteiger partial charge on any atom is 0.181 e. The summed E-state index contributed by atoms with van der Waals surface area (Å²) in [5.74, 6) is -0.176. The van der Waals surface area contributed by atoms with Gasteiger partial charge in [-0.2, -0.15) is 0 Å². The summed E-state index contributed by atoms with van der Waals surface area (Å²) in [6, 6.07) is 5.45. The molecular formula is C11H14ClFO2S. The Morgan fingerprint density at radius 3 is 2.44 bits per heavy atom. The lowest BCUT2D eigenvalue weighted by atomic mass is 10.3. The van der Waals surface area contributed by atoms with Crippen LogP contribution < -0.4 is 0 Å². The Hall–Kier alpha value is -0.610. The number of benzene rings is 1. The van der Waals surface area contributed by atoms with Crippen molar-refractivity contribution < 1.29 is 12.8 Å². The van der Waals surface area contributed by atoms with Crippen LogP contribution in [0.15, 0.2) is 29.2 Å². The molecule has 0 bridgehead atoms. The zero-order valence-corrected chi connectivity index (χ0v) is 10.4. The predicted octanol–water partition coefficient (Wildman–Crippen LogP) is 3.01. The van der Waals surface area contributed by atoms with E-state index in [0.29, 0.717) is 12.3 Å². The molecule has 0 heterocycles. The fraction of sp³-hybridized carbons (Fsp3) is 0.455. The Morgan fingerprint density at radius 2 is 1.81 bits per heavy atom.